The maximum Gasteiger partial charge on any atom is 0.134 e. The molecular formula is C28H26O3. The molecule has 1 N–H and O–H groups in total. The van der Waals surface area contributed by atoms with Crippen molar-refractivity contribution in [2.75, 3.05) is 7.11 Å². The summed E-state index contributed by atoms with van der Waals surface area (Å²) in [5, 5.41) is 11.6. The van der Waals surface area contributed by atoms with E-state index >= 15 is 0 Å². The van der Waals surface area contributed by atoms with E-state index in [0.29, 0.717) is 17.9 Å². The first-order chi connectivity index (χ1) is 15.1. The van der Waals surface area contributed by atoms with Gasteiger partial charge in [-0.3, -0.25) is 0 Å². The topological polar surface area (TPSA) is 38.7 Å². The molecule has 0 fully saturated rings. The molecule has 4 rings (SSSR count). The van der Waals surface area contributed by atoms with Gasteiger partial charge in [-0.05, 0) is 24.1 Å². The third kappa shape index (κ3) is 4.32. The quantitative estimate of drug-likeness (QED) is 0.394. The highest BCUT2D eigenvalue weighted by molar-refractivity contribution is 5.78. The van der Waals surface area contributed by atoms with Crippen LogP contribution < -0.4 is 9.47 Å². The van der Waals surface area contributed by atoms with E-state index in [1.54, 1.807) is 14.0 Å². The fourth-order valence-corrected chi connectivity index (χ4v) is 3.80. The van der Waals surface area contributed by atoms with E-state index in [9.17, 15) is 5.11 Å². The molecule has 3 heteroatoms. The lowest BCUT2D eigenvalue weighted by atomic mass is 9.85. The largest absolute Gasteiger partial charge is 0.496 e. The van der Waals surface area contributed by atoms with Crippen LogP contribution in [0.5, 0.6) is 11.5 Å². The van der Waals surface area contributed by atoms with Crippen LogP contribution in [-0.4, -0.2) is 12.2 Å². The van der Waals surface area contributed by atoms with Gasteiger partial charge in [-0.1, -0.05) is 97.1 Å². The van der Waals surface area contributed by atoms with Crippen LogP contribution in [0.3, 0.4) is 0 Å². The van der Waals surface area contributed by atoms with E-state index < -0.39 is 5.60 Å². The van der Waals surface area contributed by atoms with Crippen LogP contribution in [0.25, 0.3) is 11.1 Å². The van der Waals surface area contributed by atoms with Gasteiger partial charge in [0.05, 0.1) is 7.11 Å². The van der Waals surface area contributed by atoms with Gasteiger partial charge in [-0.15, -0.1) is 0 Å². The molecule has 3 nitrogen and oxygen atoms in total. The van der Waals surface area contributed by atoms with Crippen LogP contribution >= 0.6 is 0 Å². The SMILES string of the molecule is COc1ccccc1-c1cccc(C(C)(O)c2ccccc2)c1OCc1ccccc1. The molecule has 0 aromatic heterocycles. The number of methoxy groups -OCH3 is 1. The Bertz CT molecular complexity index is 1140. The fourth-order valence-electron chi connectivity index (χ4n) is 3.80. The van der Waals surface area contributed by atoms with Crippen molar-refractivity contribution in [1.29, 1.82) is 0 Å². The summed E-state index contributed by atoms with van der Waals surface area (Å²) in [6.07, 6.45) is 0. The molecule has 0 aliphatic carbocycles. The highest BCUT2D eigenvalue weighted by Gasteiger charge is 2.31. The van der Waals surface area contributed by atoms with E-state index in [1.165, 1.54) is 0 Å². The predicted molar refractivity (Wildman–Crippen MR) is 124 cm³/mol. The van der Waals surface area contributed by atoms with Gasteiger partial charge in [0, 0.05) is 16.7 Å². The van der Waals surface area contributed by atoms with E-state index in [1.807, 2.05) is 103 Å². The van der Waals surface area contributed by atoms with Crippen LogP contribution in [0, 0.1) is 0 Å². The van der Waals surface area contributed by atoms with Crippen LogP contribution in [0.4, 0.5) is 0 Å². The first-order valence-electron chi connectivity index (χ1n) is 10.3. The predicted octanol–water partition coefficient (Wildman–Crippen LogP) is 6.20. The Morgan fingerprint density at radius 3 is 2.03 bits per heavy atom. The number of aliphatic hydroxyl groups is 1. The van der Waals surface area contributed by atoms with Crippen molar-refractivity contribution in [2.45, 2.75) is 19.1 Å². The number of hydrogen-bond acceptors (Lipinski definition) is 3. The third-order valence-electron chi connectivity index (χ3n) is 5.50. The van der Waals surface area contributed by atoms with Crippen molar-refractivity contribution < 1.29 is 14.6 Å². The smallest absolute Gasteiger partial charge is 0.134 e. The van der Waals surface area contributed by atoms with Crippen LogP contribution in [0.2, 0.25) is 0 Å². The van der Waals surface area contributed by atoms with Gasteiger partial charge in [0.2, 0.25) is 0 Å². The van der Waals surface area contributed by atoms with E-state index in [2.05, 4.69) is 0 Å². The number of hydrogen-bond donors (Lipinski definition) is 1. The molecule has 0 saturated carbocycles. The number of para-hydroxylation sites is 2. The molecule has 0 spiro atoms. The van der Waals surface area contributed by atoms with Gasteiger partial charge in [0.15, 0.2) is 0 Å². The Labute approximate surface area is 183 Å². The highest BCUT2D eigenvalue weighted by atomic mass is 16.5. The fraction of sp³-hybridized carbons (Fsp3) is 0.143. The molecular weight excluding hydrogens is 384 g/mol. The average Bonchev–Trinajstić information content (AvgIpc) is 2.83. The first kappa shape index (κ1) is 20.7. The molecule has 0 amide bonds. The lowest BCUT2D eigenvalue weighted by Crippen LogP contribution is -2.24. The molecule has 0 radical (unpaired) electrons. The zero-order valence-corrected chi connectivity index (χ0v) is 17.8. The van der Waals surface area contributed by atoms with Crippen molar-refractivity contribution in [3.8, 4) is 22.6 Å². The number of ether oxygens (including phenoxy) is 2. The molecule has 0 aliphatic rings. The van der Waals surface area contributed by atoms with Gasteiger partial charge in [-0.2, -0.15) is 0 Å². The molecule has 31 heavy (non-hydrogen) atoms. The Morgan fingerprint density at radius 2 is 1.32 bits per heavy atom. The maximum atomic E-state index is 11.6. The summed E-state index contributed by atoms with van der Waals surface area (Å²) in [6.45, 7) is 2.20. The summed E-state index contributed by atoms with van der Waals surface area (Å²) >= 11 is 0. The zero-order chi connectivity index (χ0) is 21.7. The second-order valence-corrected chi connectivity index (χ2v) is 7.60. The van der Waals surface area contributed by atoms with Gasteiger partial charge >= 0.3 is 0 Å². The van der Waals surface area contributed by atoms with Gasteiger partial charge in [0.1, 0.15) is 23.7 Å². The molecule has 4 aromatic carbocycles. The maximum absolute atomic E-state index is 11.6. The minimum Gasteiger partial charge on any atom is -0.496 e. The lowest BCUT2D eigenvalue weighted by Gasteiger charge is -2.28. The zero-order valence-electron chi connectivity index (χ0n) is 17.8. The Balaban J connectivity index is 1.86. The first-order valence-corrected chi connectivity index (χ1v) is 10.3. The molecule has 156 valence electrons. The molecule has 4 aromatic rings. The summed E-state index contributed by atoms with van der Waals surface area (Å²) in [4.78, 5) is 0. The molecule has 0 heterocycles. The third-order valence-corrected chi connectivity index (χ3v) is 5.50. The van der Waals surface area contributed by atoms with E-state index in [4.69, 9.17) is 9.47 Å². The number of rotatable bonds is 7. The second kappa shape index (κ2) is 9.07. The van der Waals surface area contributed by atoms with Crippen LogP contribution in [0.1, 0.15) is 23.6 Å². The van der Waals surface area contributed by atoms with E-state index in [-0.39, 0.29) is 0 Å². The minimum absolute atomic E-state index is 0.394. The normalized spacial score (nSPS) is 12.7. The molecule has 1 unspecified atom stereocenters. The van der Waals surface area contributed by atoms with E-state index in [0.717, 1.165) is 28.0 Å². The summed E-state index contributed by atoms with van der Waals surface area (Å²) in [5.74, 6) is 1.40. The van der Waals surface area contributed by atoms with Gasteiger partial charge < -0.3 is 14.6 Å². The average molecular weight is 411 g/mol. The second-order valence-electron chi connectivity index (χ2n) is 7.60. The van der Waals surface area contributed by atoms with Crippen LogP contribution in [-0.2, 0) is 12.2 Å². The molecule has 0 aliphatic heterocycles. The van der Waals surface area contributed by atoms with Crippen molar-refractivity contribution in [3.05, 3.63) is 120 Å². The summed E-state index contributed by atoms with van der Waals surface area (Å²) in [7, 11) is 1.66. The summed E-state index contributed by atoms with van der Waals surface area (Å²) < 4.78 is 12.0. The Morgan fingerprint density at radius 1 is 0.710 bits per heavy atom. The van der Waals surface area contributed by atoms with Crippen molar-refractivity contribution in [2.24, 2.45) is 0 Å². The van der Waals surface area contributed by atoms with Gasteiger partial charge in [0.25, 0.3) is 0 Å². The van der Waals surface area contributed by atoms with Crippen molar-refractivity contribution in [1.82, 2.24) is 0 Å². The van der Waals surface area contributed by atoms with Crippen molar-refractivity contribution >= 4 is 0 Å². The van der Waals surface area contributed by atoms with Crippen LogP contribution in [0.15, 0.2) is 103 Å². The summed E-state index contributed by atoms with van der Waals surface area (Å²) in [5.41, 5.74) is 3.13. The lowest BCUT2D eigenvalue weighted by molar-refractivity contribution is 0.0975. The minimum atomic E-state index is -1.23. The molecule has 1 atom stereocenters. The standard InChI is InChI=1S/C28H26O3/c1-28(29,22-14-7-4-8-15-22)25-18-11-17-24(23-16-9-10-19-26(23)30-2)27(25)31-20-21-12-5-3-6-13-21/h3-19,29H,20H2,1-2H3. The van der Waals surface area contributed by atoms with Gasteiger partial charge in [-0.25, -0.2) is 0 Å². The van der Waals surface area contributed by atoms with Crippen molar-refractivity contribution in [3.63, 3.8) is 0 Å². The summed E-state index contributed by atoms with van der Waals surface area (Å²) in [6, 6.07) is 33.4. The molecule has 0 saturated heterocycles. The number of benzene rings is 4. The monoisotopic (exact) mass is 410 g/mol. The Hall–Kier alpha value is -3.56. The highest BCUT2D eigenvalue weighted by Crippen LogP contribution is 2.44. The Kier molecular flexibility index (Phi) is 6.06. The molecule has 0 bridgehead atoms.